The maximum absolute atomic E-state index is 12.8. The van der Waals surface area contributed by atoms with E-state index in [1.54, 1.807) is 35.7 Å². The van der Waals surface area contributed by atoms with Crippen molar-refractivity contribution in [3.8, 4) is 5.75 Å². The molecule has 1 aliphatic heterocycles. The summed E-state index contributed by atoms with van der Waals surface area (Å²) in [5, 5.41) is 3.29. The zero-order valence-electron chi connectivity index (χ0n) is 13.7. The monoisotopic (exact) mass is 364 g/mol. The van der Waals surface area contributed by atoms with Gasteiger partial charge >= 0.3 is 0 Å². The molecule has 0 aromatic heterocycles. The van der Waals surface area contributed by atoms with Crippen LogP contribution in [0.15, 0.2) is 29.2 Å². The van der Waals surface area contributed by atoms with Crippen molar-refractivity contribution in [2.45, 2.75) is 30.8 Å². The molecule has 23 heavy (non-hydrogen) atoms. The summed E-state index contributed by atoms with van der Waals surface area (Å²) in [6, 6.07) is 6.61. The molecule has 1 aliphatic rings. The highest BCUT2D eigenvalue weighted by Crippen LogP contribution is 2.23. The van der Waals surface area contributed by atoms with Crippen LogP contribution in [0.5, 0.6) is 5.75 Å². The van der Waals surface area contributed by atoms with Gasteiger partial charge in [-0.15, -0.1) is 12.4 Å². The second-order valence-corrected chi connectivity index (χ2v) is 7.30. The predicted octanol–water partition coefficient (Wildman–Crippen LogP) is 1.50. The molecule has 8 heteroatoms. The number of ether oxygens (including phenoxy) is 2. The Balaban J connectivity index is 0.00000264. The Morgan fingerprint density at radius 2 is 1.87 bits per heavy atom. The van der Waals surface area contributed by atoms with Crippen molar-refractivity contribution >= 4 is 22.4 Å². The third-order valence-corrected chi connectivity index (χ3v) is 5.96. The van der Waals surface area contributed by atoms with E-state index in [0.29, 0.717) is 36.9 Å². The van der Waals surface area contributed by atoms with Crippen LogP contribution in [0.4, 0.5) is 0 Å². The number of methoxy groups -OCH3 is 1. The minimum atomic E-state index is -3.47. The minimum Gasteiger partial charge on any atom is -0.491 e. The molecule has 1 saturated heterocycles. The van der Waals surface area contributed by atoms with Crippen LogP contribution in [-0.4, -0.2) is 58.2 Å². The largest absolute Gasteiger partial charge is 0.491 e. The lowest BCUT2D eigenvalue weighted by Crippen LogP contribution is -2.57. The Hall–Kier alpha value is -0.860. The summed E-state index contributed by atoms with van der Waals surface area (Å²) in [5.41, 5.74) is 0. The molecule has 1 N–H and O–H groups in total. The van der Waals surface area contributed by atoms with E-state index in [1.807, 2.05) is 13.8 Å². The van der Waals surface area contributed by atoms with Gasteiger partial charge < -0.3 is 14.8 Å². The zero-order valence-corrected chi connectivity index (χ0v) is 15.3. The van der Waals surface area contributed by atoms with E-state index >= 15 is 0 Å². The third kappa shape index (κ3) is 4.81. The second-order valence-electron chi connectivity index (χ2n) is 5.41. The first-order valence-electron chi connectivity index (χ1n) is 7.44. The number of hydrogen-bond donors (Lipinski definition) is 1. The Kier molecular flexibility index (Phi) is 7.76. The first-order valence-corrected chi connectivity index (χ1v) is 8.88. The Morgan fingerprint density at radius 3 is 2.48 bits per heavy atom. The highest BCUT2D eigenvalue weighted by atomic mass is 35.5. The van der Waals surface area contributed by atoms with E-state index in [1.165, 1.54) is 0 Å². The van der Waals surface area contributed by atoms with Crippen molar-refractivity contribution in [1.82, 2.24) is 9.62 Å². The number of nitrogens with zero attached hydrogens (tertiary/aromatic N) is 1. The SMILES string of the molecule is COCCOc1ccc(S(=O)(=O)N2CCNC(C)C2C)cc1.Cl. The van der Waals surface area contributed by atoms with Crippen molar-refractivity contribution < 1.29 is 17.9 Å². The van der Waals surface area contributed by atoms with Crippen molar-refractivity contribution in [2.24, 2.45) is 0 Å². The second kappa shape index (κ2) is 8.84. The van der Waals surface area contributed by atoms with Crippen molar-refractivity contribution in [2.75, 3.05) is 33.4 Å². The van der Waals surface area contributed by atoms with Gasteiger partial charge in [-0.1, -0.05) is 0 Å². The molecule has 6 nitrogen and oxygen atoms in total. The maximum Gasteiger partial charge on any atom is 0.243 e. The van der Waals surface area contributed by atoms with Crippen LogP contribution in [0.2, 0.25) is 0 Å². The molecule has 1 heterocycles. The van der Waals surface area contributed by atoms with Gasteiger partial charge in [0.25, 0.3) is 0 Å². The van der Waals surface area contributed by atoms with Crippen LogP contribution >= 0.6 is 12.4 Å². The lowest BCUT2D eigenvalue weighted by molar-refractivity contribution is 0.146. The van der Waals surface area contributed by atoms with Gasteiger partial charge in [-0.2, -0.15) is 4.31 Å². The minimum absolute atomic E-state index is 0. The van der Waals surface area contributed by atoms with Gasteiger partial charge in [0.05, 0.1) is 11.5 Å². The highest BCUT2D eigenvalue weighted by Gasteiger charge is 2.34. The average Bonchev–Trinajstić information content (AvgIpc) is 2.50. The van der Waals surface area contributed by atoms with Gasteiger partial charge in [-0.3, -0.25) is 0 Å². The molecular formula is C15H25ClN2O4S. The van der Waals surface area contributed by atoms with Crippen LogP contribution in [-0.2, 0) is 14.8 Å². The summed E-state index contributed by atoms with van der Waals surface area (Å²) in [6.45, 7) is 6.02. The van der Waals surface area contributed by atoms with E-state index in [0.717, 1.165) is 0 Å². The van der Waals surface area contributed by atoms with E-state index in [9.17, 15) is 8.42 Å². The topological polar surface area (TPSA) is 67.9 Å². The van der Waals surface area contributed by atoms with Gasteiger partial charge in [0.1, 0.15) is 12.4 Å². The average molecular weight is 365 g/mol. The van der Waals surface area contributed by atoms with Crippen LogP contribution in [0, 0.1) is 0 Å². The Bertz CT molecular complexity index is 580. The Morgan fingerprint density at radius 1 is 1.22 bits per heavy atom. The fourth-order valence-corrected chi connectivity index (χ4v) is 4.15. The smallest absolute Gasteiger partial charge is 0.243 e. The lowest BCUT2D eigenvalue weighted by Gasteiger charge is -2.37. The molecule has 0 aliphatic carbocycles. The molecule has 1 aromatic rings. The molecule has 0 spiro atoms. The van der Waals surface area contributed by atoms with Gasteiger partial charge in [-0.05, 0) is 38.1 Å². The number of benzene rings is 1. The number of halogens is 1. The summed E-state index contributed by atoms with van der Waals surface area (Å²) < 4.78 is 37.4. The van der Waals surface area contributed by atoms with Crippen LogP contribution in [0.25, 0.3) is 0 Å². The quantitative estimate of drug-likeness (QED) is 0.775. The normalized spacial score (nSPS) is 22.4. The highest BCUT2D eigenvalue weighted by molar-refractivity contribution is 7.89. The van der Waals surface area contributed by atoms with Crippen LogP contribution in [0.1, 0.15) is 13.8 Å². The number of piperazine rings is 1. The van der Waals surface area contributed by atoms with Gasteiger partial charge in [0.15, 0.2) is 0 Å². The molecule has 2 atom stereocenters. The zero-order chi connectivity index (χ0) is 16.2. The lowest BCUT2D eigenvalue weighted by atomic mass is 10.1. The first-order chi connectivity index (χ1) is 10.5. The molecule has 0 bridgehead atoms. The predicted molar refractivity (Wildman–Crippen MR) is 91.9 cm³/mol. The molecular weight excluding hydrogens is 340 g/mol. The molecule has 1 aromatic carbocycles. The van der Waals surface area contributed by atoms with E-state index < -0.39 is 10.0 Å². The number of hydrogen-bond acceptors (Lipinski definition) is 5. The van der Waals surface area contributed by atoms with E-state index in [-0.39, 0.29) is 24.5 Å². The summed E-state index contributed by atoms with van der Waals surface area (Å²) in [7, 11) is -1.87. The molecule has 2 rings (SSSR count). The van der Waals surface area contributed by atoms with Crippen molar-refractivity contribution in [3.63, 3.8) is 0 Å². The van der Waals surface area contributed by atoms with Gasteiger partial charge in [0.2, 0.25) is 10.0 Å². The van der Waals surface area contributed by atoms with E-state index in [2.05, 4.69) is 5.32 Å². The molecule has 0 radical (unpaired) electrons. The first kappa shape index (κ1) is 20.2. The van der Waals surface area contributed by atoms with Crippen molar-refractivity contribution in [1.29, 1.82) is 0 Å². The molecule has 132 valence electrons. The van der Waals surface area contributed by atoms with Crippen LogP contribution in [0.3, 0.4) is 0 Å². The summed E-state index contributed by atoms with van der Waals surface area (Å²) >= 11 is 0. The molecule has 1 fully saturated rings. The van der Waals surface area contributed by atoms with Crippen LogP contribution < -0.4 is 10.1 Å². The maximum atomic E-state index is 12.8. The Labute approximate surface area is 144 Å². The fourth-order valence-electron chi connectivity index (χ4n) is 2.45. The number of sulfonamides is 1. The summed E-state index contributed by atoms with van der Waals surface area (Å²) in [4.78, 5) is 0.299. The number of rotatable bonds is 6. The summed E-state index contributed by atoms with van der Waals surface area (Å²) in [5.74, 6) is 0.637. The standard InChI is InChI=1S/C15H24N2O4S.ClH/c1-12-13(2)17(9-8-16-12)22(18,19)15-6-4-14(5-7-15)21-11-10-20-3;/h4-7,12-13,16H,8-11H2,1-3H3;1H. The van der Waals surface area contributed by atoms with Crippen molar-refractivity contribution in [3.05, 3.63) is 24.3 Å². The fraction of sp³-hybridized carbons (Fsp3) is 0.600. The van der Waals surface area contributed by atoms with Gasteiger partial charge in [0, 0.05) is 32.3 Å². The third-order valence-electron chi connectivity index (χ3n) is 3.96. The van der Waals surface area contributed by atoms with Gasteiger partial charge in [-0.25, -0.2) is 8.42 Å². The van der Waals surface area contributed by atoms with E-state index in [4.69, 9.17) is 9.47 Å². The molecule has 0 saturated carbocycles. The number of nitrogens with one attached hydrogen (secondary N) is 1. The summed E-state index contributed by atoms with van der Waals surface area (Å²) in [6.07, 6.45) is 0. The molecule has 2 unspecified atom stereocenters. The molecule has 0 amide bonds.